The fourth-order valence-electron chi connectivity index (χ4n) is 3.71. The number of hydrogen-bond acceptors (Lipinski definition) is 3. The molecule has 5 heteroatoms. The van der Waals surface area contributed by atoms with E-state index >= 15 is 0 Å². The van der Waals surface area contributed by atoms with Crippen LogP contribution in [0.4, 0.5) is 0 Å². The number of rotatable bonds is 10. The predicted molar refractivity (Wildman–Crippen MR) is 104 cm³/mol. The van der Waals surface area contributed by atoms with E-state index in [4.69, 9.17) is 4.99 Å². The van der Waals surface area contributed by atoms with E-state index in [9.17, 15) is 5.11 Å². The van der Waals surface area contributed by atoms with Crippen molar-refractivity contribution in [3.8, 4) is 0 Å². The first-order valence-electron chi connectivity index (χ1n) is 9.94. The summed E-state index contributed by atoms with van der Waals surface area (Å²) in [6.45, 7) is 13.8. The lowest BCUT2D eigenvalue weighted by Gasteiger charge is -2.35. The number of guanidine groups is 1. The predicted octanol–water partition coefficient (Wildman–Crippen LogP) is 2.60. The van der Waals surface area contributed by atoms with Crippen molar-refractivity contribution in [2.45, 2.75) is 72.3 Å². The van der Waals surface area contributed by atoms with Gasteiger partial charge in [-0.1, -0.05) is 26.2 Å². The van der Waals surface area contributed by atoms with Gasteiger partial charge < -0.3 is 15.7 Å². The topological polar surface area (TPSA) is 59.9 Å². The molecule has 0 heterocycles. The highest BCUT2D eigenvalue weighted by Crippen LogP contribution is 2.39. The van der Waals surface area contributed by atoms with E-state index in [-0.39, 0.29) is 12.0 Å². The van der Waals surface area contributed by atoms with Crippen molar-refractivity contribution in [3.63, 3.8) is 0 Å². The van der Waals surface area contributed by atoms with Gasteiger partial charge in [0, 0.05) is 38.8 Å². The van der Waals surface area contributed by atoms with Gasteiger partial charge in [0.15, 0.2) is 5.96 Å². The van der Waals surface area contributed by atoms with Gasteiger partial charge in [0.2, 0.25) is 0 Å². The Hall–Kier alpha value is -0.810. The lowest BCUT2D eigenvalue weighted by atomic mass is 9.72. The quantitative estimate of drug-likeness (QED) is 0.423. The Morgan fingerprint density at radius 3 is 2.42 bits per heavy atom. The van der Waals surface area contributed by atoms with E-state index in [0.29, 0.717) is 6.04 Å². The first-order chi connectivity index (χ1) is 11.6. The van der Waals surface area contributed by atoms with Crippen LogP contribution < -0.4 is 10.6 Å². The molecule has 0 saturated heterocycles. The number of aliphatic hydroxyl groups is 1. The number of hydrogen-bond donors (Lipinski definition) is 3. The third-order valence-corrected chi connectivity index (χ3v) is 5.30. The van der Waals surface area contributed by atoms with Crippen molar-refractivity contribution in [1.29, 1.82) is 0 Å². The summed E-state index contributed by atoms with van der Waals surface area (Å²) in [6, 6.07) is 0.575. The molecule has 1 saturated carbocycles. The van der Waals surface area contributed by atoms with Gasteiger partial charge in [-0.25, -0.2) is 0 Å². The van der Waals surface area contributed by atoms with Crippen LogP contribution in [0.2, 0.25) is 0 Å². The minimum atomic E-state index is 0.211. The molecule has 1 aliphatic rings. The zero-order valence-corrected chi connectivity index (χ0v) is 16.4. The zero-order valence-electron chi connectivity index (χ0n) is 16.4. The Morgan fingerprint density at radius 1 is 1.17 bits per heavy atom. The smallest absolute Gasteiger partial charge is 0.191 e. The van der Waals surface area contributed by atoms with Gasteiger partial charge in [0.25, 0.3) is 0 Å². The van der Waals surface area contributed by atoms with Crippen molar-refractivity contribution in [1.82, 2.24) is 15.5 Å². The van der Waals surface area contributed by atoms with Gasteiger partial charge >= 0.3 is 0 Å². The largest absolute Gasteiger partial charge is 0.396 e. The first kappa shape index (κ1) is 21.2. The van der Waals surface area contributed by atoms with Crippen LogP contribution in [0.25, 0.3) is 0 Å². The summed E-state index contributed by atoms with van der Waals surface area (Å²) in [5.41, 5.74) is 0.211. The van der Waals surface area contributed by atoms with Crippen molar-refractivity contribution >= 4 is 5.96 Å². The maximum Gasteiger partial charge on any atom is 0.191 e. The number of nitrogens with zero attached hydrogens (tertiary/aromatic N) is 2. The summed E-state index contributed by atoms with van der Waals surface area (Å²) in [5, 5.41) is 16.3. The molecule has 0 atom stereocenters. The highest BCUT2D eigenvalue weighted by Gasteiger charge is 2.31. The number of likely N-dealkylation sites (N-methyl/N-ethyl adjacent to an activating group) is 1. The molecular formula is C19H40N4O. The third kappa shape index (κ3) is 7.39. The van der Waals surface area contributed by atoms with E-state index in [1.54, 1.807) is 0 Å². The summed E-state index contributed by atoms with van der Waals surface area (Å²) in [4.78, 5) is 7.31. The average molecular weight is 341 g/mol. The van der Waals surface area contributed by atoms with Crippen LogP contribution in [-0.2, 0) is 0 Å². The Labute approximate surface area is 149 Å². The normalized spacial score (nSPS) is 18.2. The van der Waals surface area contributed by atoms with Crippen molar-refractivity contribution in [3.05, 3.63) is 0 Å². The van der Waals surface area contributed by atoms with Crippen LogP contribution in [0.1, 0.15) is 66.2 Å². The Morgan fingerprint density at radius 2 is 1.88 bits per heavy atom. The summed E-state index contributed by atoms with van der Waals surface area (Å²) >= 11 is 0. The Bertz CT molecular complexity index is 346. The van der Waals surface area contributed by atoms with Gasteiger partial charge in [-0.15, -0.1) is 0 Å². The zero-order chi connectivity index (χ0) is 17.8. The Balaban J connectivity index is 2.56. The number of aliphatic hydroxyl groups excluding tert-OH is 1. The summed E-state index contributed by atoms with van der Waals surface area (Å²) in [6.07, 6.45) is 7.17. The standard InChI is InChI=1S/C19H40N4O/c1-5-20-18(21-13-14-23(6-2)17(3)4)22-16-19(12-15-24)10-8-7-9-11-19/h17,24H,5-16H2,1-4H3,(H2,20,21,22). The number of aliphatic imine (C=N–C) groups is 1. The van der Waals surface area contributed by atoms with Gasteiger partial charge in [0.1, 0.15) is 0 Å². The van der Waals surface area contributed by atoms with Crippen LogP contribution >= 0.6 is 0 Å². The molecule has 0 aliphatic heterocycles. The SMILES string of the molecule is CCNC(=NCC1(CCO)CCCCC1)NCCN(CC)C(C)C. The van der Waals surface area contributed by atoms with Gasteiger partial charge in [-0.05, 0) is 52.0 Å². The Kier molecular flexibility index (Phi) is 10.3. The maximum atomic E-state index is 9.45. The fourth-order valence-corrected chi connectivity index (χ4v) is 3.71. The summed E-state index contributed by atoms with van der Waals surface area (Å²) < 4.78 is 0. The fraction of sp³-hybridized carbons (Fsp3) is 0.947. The molecule has 0 aromatic carbocycles. The molecule has 24 heavy (non-hydrogen) atoms. The maximum absolute atomic E-state index is 9.45. The molecule has 0 unspecified atom stereocenters. The van der Waals surface area contributed by atoms with Crippen molar-refractivity contribution in [2.75, 3.05) is 39.3 Å². The molecule has 0 bridgehead atoms. The second-order valence-electron chi connectivity index (χ2n) is 7.38. The molecule has 0 aromatic heterocycles. The van der Waals surface area contributed by atoms with E-state index < -0.39 is 0 Å². The van der Waals surface area contributed by atoms with E-state index in [1.165, 1.54) is 32.1 Å². The van der Waals surface area contributed by atoms with E-state index in [2.05, 4.69) is 43.2 Å². The second-order valence-corrected chi connectivity index (χ2v) is 7.38. The highest BCUT2D eigenvalue weighted by molar-refractivity contribution is 5.79. The lowest BCUT2D eigenvalue weighted by Crippen LogP contribution is -2.43. The summed E-state index contributed by atoms with van der Waals surface area (Å²) in [7, 11) is 0. The molecule has 1 rings (SSSR count). The minimum absolute atomic E-state index is 0.211. The van der Waals surface area contributed by atoms with Crippen LogP contribution in [0.5, 0.6) is 0 Å². The molecule has 142 valence electrons. The molecule has 3 N–H and O–H groups in total. The van der Waals surface area contributed by atoms with Crippen LogP contribution in [0.15, 0.2) is 4.99 Å². The highest BCUT2D eigenvalue weighted by atomic mass is 16.3. The summed E-state index contributed by atoms with van der Waals surface area (Å²) in [5.74, 6) is 0.917. The molecule has 0 radical (unpaired) electrons. The monoisotopic (exact) mass is 340 g/mol. The molecule has 1 fully saturated rings. The van der Waals surface area contributed by atoms with Gasteiger partial charge in [-0.2, -0.15) is 0 Å². The van der Waals surface area contributed by atoms with E-state index in [1.807, 2.05) is 0 Å². The third-order valence-electron chi connectivity index (χ3n) is 5.30. The minimum Gasteiger partial charge on any atom is -0.396 e. The van der Waals surface area contributed by atoms with Gasteiger partial charge in [0.05, 0.1) is 0 Å². The molecule has 0 amide bonds. The molecule has 0 spiro atoms. The van der Waals surface area contributed by atoms with Crippen molar-refractivity contribution < 1.29 is 5.11 Å². The molecule has 5 nitrogen and oxygen atoms in total. The lowest BCUT2D eigenvalue weighted by molar-refractivity contribution is 0.137. The molecule has 0 aromatic rings. The molecule has 1 aliphatic carbocycles. The van der Waals surface area contributed by atoms with Crippen LogP contribution in [-0.4, -0.2) is 61.3 Å². The number of nitrogens with one attached hydrogen (secondary N) is 2. The average Bonchev–Trinajstić information content (AvgIpc) is 2.57. The van der Waals surface area contributed by atoms with Crippen LogP contribution in [0, 0.1) is 5.41 Å². The van der Waals surface area contributed by atoms with Crippen molar-refractivity contribution in [2.24, 2.45) is 10.4 Å². The van der Waals surface area contributed by atoms with E-state index in [0.717, 1.165) is 45.1 Å². The molecular weight excluding hydrogens is 300 g/mol. The first-order valence-corrected chi connectivity index (χ1v) is 9.94. The van der Waals surface area contributed by atoms with Crippen LogP contribution in [0.3, 0.4) is 0 Å². The van der Waals surface area contributed by atoms with Gasteiger partial charge in [-0.3, -0.25) is 9.89 Å². The second kappa shape index (κ2) is 11.7.